The van der Waals surface area contributed by atoms with Gasteiger partial charge in [-0.3, -0.25) is 9.78 Å². The van der Waals surface area contributed by atoms with Crippen LogP contribution in [0.2, 0.25) is 0 Å². The number of hydrogen-bond donors (Lipinski definition) is 2. The summed E-state index contributed by atoms with van der Waals surface area (Å²) in [5, 5.41) is 15.2. The Bertz CT molecular complexity index is 529. The first-order valence-electron chi connectivity index (χ1n) is 6.51. The van der Waals surface area contributed by atoms with Crippen LogP contribution in [0.25, 0.3) is 0 Å². The highest BCUT2D eigenvalue weighted by Gasteiger charge is 2.22. The number of rotatable bonds is 5. The van der Waals surface area contributed by atoms with Crippen molar-refractivity contribution in [2.45, 2.75) is 39.2 Å². The van der Waals surface area contributed by atoms with Crippen molar-refractivity contribution in [1.29, 1.82) is 5.26 Å². The highest BCUT2D eigenvalue weighted by molar-refractivity contribution is 5.77. The lowest BCUT2D eigenvalue weighted by Gasteiger charge is -2.10. The van der Waals surface area contributed by atoms with E-state index in [1.165, 1.54) is 0 Å². The Labute approximate surface area is 113 Å². The van der Waals surface area contributed by atoms with E-state index in [1.54, 1.807) is 0 Å². The maximum atomic E-state index is 11.5. The third-order valence-corrected chi connectivity index (χ3v) is 3.05. The number of pyridine rings is 1. The molecule has 1 aromatic heterocycles. The third kappa shape index (κ3) is 3.68. The first-order chi connectivity index (χ1) is 9.10. The van der Waals surface area contributed by atoms with Crippen molar-refractivity contribution >= 4 is 11.6 Å². The zero-order valence-corrected chi connectivity index (χ0v) is 11.3. The smallest absolute Gasteiger partial charge is 0.221 e. The summed E-state index contributed by atoms with van der Waals surface area (Å²) >= 11 is 0. The molecule has 100 valence electrons. The van der Waals surface area contributed by atoms with Gasteiger partial charge in [-0.25, -0.2) is 0 Å². The molecular formula is C14H18N4O. The standard InChI is InChI=1S/C14H18N4O/c1-9-7-13(12(8-15)10(2)17-9)16-6-5-14(19)18-11-3-4-11/h7,11H,3-6H2,1-2H3,(H,16,17)(H,18,19). The van der Waals surface area contributed by atoms with Crippen LogP contribution in [0.5, 0.6) is 0 Å². The fourth-order valence-electron chi connectivity index (χ4n) is 1.95. The highest BCUT2D eigenvalue weighted by atomic mass is 16.1. The van der Waals surface area contributed by atoms with E-state index in [9.17, 15) is 4.79 Å². The Morgan fingerprint density at radius 1 is 1.53 bits per heavy atom. The molecule has 0 saturated heterocycles. The molecular weight excluding hydrogens is 240 g/mol. The molecule has 5 heteroatoms. The van der Waals surface area contributed by atoms with Gasteiger partial charge in [0.05, 0.1) is 16.9 Å². The lowest BCUT2D eigenvalue weighted by Crippen LogP contribution is -2.27. The topological polar surface area (TPSA) is 77.8 Å². The number of carbonyl (C=O) groups is 1. The quantitative estimate of drug-likeness (QED) is 0.841. The van der Waals surface area contributed by atoms with Crippen LogP contribution in [0, 0.1) is 25.2 Å². The number of carbonyl (C=O) groups excluding carboxylic acids is 1. The number of anilines is 1. The summed E-state index contributed by atoms with van der Waals surface area (Å²) < 4.78 is 0. The van der Waals surface area contributed by atoms with Crippen molar-refractivity contribution in [2.75, 3.05) is 11.9 Å². The maximum Gasteiger partial charge on any atom is 0.221 e. The molecule has 1 aliphatic rings. The van der Waals surface area contributed by atoms with Crippen LogP contribution in [0.4, 0.5) is 5.69 Å². The van der Waals surface area contributed by atoms with E-state index >= 15 is 0 Å². The van der Waals surface area contributed by atoms with Gasteiger partial charge in [0.25, 0.3) is 0 Å². The number of hydrogen-bond acceptors (Lipinski definition) is 4. The van der Waals surface area contributed by atoms with E-state index in [0.717, 1.165) is 24.2 Å². The van der Waals surface area contributed by atoms with E-state index in [0.29, 0.717) is 30.3 Å². The first-order valence-corrected chi connectivity index (χ1v) is 6.51. The predicted molar refractivity (Wildman–Crippen MR) is 72.7 cm³/mol. The lowest BCUT2D eigenvalue weighted by molar-refractivity contribution is -0.120. The number of nitrogens with zero attached hydrogens (tertiary/aromatic N) is 2. The van der Waals surface area contributed by atoms with Gasteiger partial charge >= 0.3 is 0 Å². The number of nitriles is 1. The van der Waals surface area contributed by atoms with Gasteiger partial charge in [-0.2, -0.15) is 5.26 Å². The van der Waals surface area contributed by atoms with Crippen molar-refractivity contribution in [1.82, 2.24) is 10.3 Å². The number of amides is 1. The monoisotopic (exact) mass is 258 g/mol. The second-order valence-corrected chi connectivity index (χ2v) is 4.90. The third-order valence-electron chi connectivity index (χ3n) is 3.05. The Kier molecular flexibility index (Phi) is 4.00. The van der Waals surface area contributed by atoms with Crippen LogP contribution in [-0.4, -0.2) is 23.5 Å². The second-order valence-electron chi connectivity index (χ2n) is 4.90. The molecule has 5 nitrogen and oxygen atoms in total. The van der Waals surface area contributed by atoms with Crippen molar-refractivity contribution < 1.29 is 4.79 Å². The summed E-state index contributed by atoms with van der Waals surface area (Å²) in [7, 11) is 0. The van der Waals surface area contributed by atoms with Gasteiger partial charge in [0.15, 0.2) is 0 Å². The summed E-state index contributed by atoms with van der Waals surface area (Å²) in [5.74, 6) is 0.0657. The van der Waals surface area contributed by atoms with Crippen molar-refractivity contribution in [3.05, 3.63) is 23.0 Å². The number of aromatic nitrogens is 1. The summed E-state index contributed by atoms with van der Waals surface area (Å²) in [6, 6.07) is 4.38. The van der Waals surface area contributed by atoms with Crippen molar-refractivity contribution in [3.8, 4) is 6.07 Å². The minimum atomic E-state index is 0.0657. The van der Waals surface area contributed by atoms with Crippen molar-refractivity contribution in [2.24, 2.45) is 0 Å². The molecule has 0 aromatic carbocycles. The van der Waals surface area contributed by atoms with Crippen LogP contribution < -0.4 is 10.6 Å². The van der Waals surface area contributed by atoms with Crippen molar-refractivity contribution in [3.63, 3.8) is 0 Å². The minimum absolute atomic E-state index is 0.0657. The summed E-state index contributed by atoms with van der Waals surface area (Å²) in [4.78, 5) is 15.8. The summed E-state index contributed by atoms with van der Waals surface area (Å²) in [6.45, 7) is 4.23. The predicted octanol–water partition coefficient (Wildman–Crippen LogP) is 1.65. The minimum Gasteiger partial charge on any atom is -0.383 e. The highest BCUT2D eigenvalue weighted by Crippen LogP contribution is 2.19. The first kappa shape index (κ1) is 13.3. The van der Waals surface area contributed by atoms with Gasteiger partial charge in [0, 0.05) is 24.7 Å². The Balaban J connectivity index is 1.91. The molecule has 1 aromatic rings. The number of aryl methyl sites for hydroxylation is 2. The van der Waals surface area contributed by atoms with Crippen LogP contribution in [-0.2, 0) is 4.79 Å². The average Bonchev–Trinajstić information content (AvgIpc) is 3.12. The summed E-state index contributed by atoms with van der Waals surface area (Å²) in [5.41, 5.74) is 2.88. The molecule has 2 rings (SSSR count). The molecule has 19 heavy (non-hydrogen) atoms. The maximum absolute atomic E-state index is 11.5. The van der Waals surface area contributed by atoms with Gasteiger partial charge in [-0.05, 0) is 32.8 Å². The molecule has 1 heterocycles. The average molecular weight is 258 g/mol. The molecule has 2 N–H and O–H groups in total. The lowest BCUT2D eigenvalue weighted by atomic mass is 10.1. The van der Waals surface area contributed by atoms with Gasteiger partial charge in [-0.15, -0.1) is 0 Å². The van der Waals surface area contributed by atoms with Crippen LogP contribution in [0.15, 0.2) is 6.07 Å². The van der Waals surface area contributed by atoms with Crippen LogP contribution >= 0.6 is 0 Å². The van der Waals surface area contributed by atoms with Gasteiger partial charge in [0.1, 0.15) is 6.07 Å². The SMILES string of the molecule is Cc1cc(NCCC(=O)NC2CC2)c(C#N)c(C)n1. The molecule has 1 saturated carbocycles. The Hall–Kier alpha value is -2.09. The molecule has 0 unspecified atom stereocenters. The van der Waals surface area contributed by atoms with Gasteiger partial charge in [-0.1, -0.05) is 0 Å². The zero-order chi connectivity index (χ0) is 13.8. The van der Waals surface area contributed by atoms with E-state index in [4.69, 9.17) is 5.26 Å². The molecule has 0 radical (unpaired) electrons. The van der Waals surface area contributed by atoms with E-state index < -0.39 is 0 Å². The van der Waals surface area contributed by atoms with Crippen LogP contribution in [0.3, 0.4) is 0 Å². The largest absolute Gasteiger partial charge is 0.383 e. The molecule has 1 fully saturated rings. The second kappa shape index (κ2) is 5.70. The normalized spacial score (nSPS) is 13.7. The zero-order valence-electron chi connectivity index (χ0n) is 11.3. The van der Waals surface area contributed by atoms with Gasteiger partial charge in [0.2, 0.25) is 5.91 Å². The van der Waals surface area contributed by atoms with E-state index in [1.807, 2.05) is 19.9 Å². The van der Waals surface area contributed by atoms with E-state index in [2.05, 4.69) is 21.7 Å². The van der Waals surface area contributed by atoms with E-state index in [-0.39, 0.29) is 5.91 Å². The Morgan fingerprint density at radius 2 is 2.26 bits per heavy atom. The molecule has 1 amide bonds. The number of nitrogens with one attached hydrogen (secondary N) is 2. The molecule has 1 aliphatic carbocycles. The van der Waals surface area contributed by atoms with Crippen LogP contribution in [0.1, 0.15) is 36.2 Å². The molecule has 0 spiro atoms. The summed E-state index contributed by atoms with van der Waals surface area (Å²) in [6.07, 6.45) is 2.61. The molecule has 0 bridgehead atoms. The Morgan fingerprint density at radius 3 is 2.89 bits per heavy atom. The molecule has 0 atom stereocenters. The van der Waals surface area contributed by atoms with Gasteiger partial charge < -0.3 is 10.6 Å². The fraction of sp³-hybridized carbons (Fsp3) is 0.500. The fourth-order valence-corrected chi connectivity index (χ4v) is 1.95. The molecule has 0 aliphatic heterocycles.